The smallest absolute Gasteiger partial charge is 0.390 e. The van der Waals surface area contributed by atoms with Crippen LogP contribution in [0.5, 0.6) is 0 Å². The van der Waals surface area contributed by atoms with Crippen LogP contribution in [0, 0.1) is 11.3 Å². The lowest BCUT2D eigenvalue weighted by Crippen LogP contribution is -2.35. The second-order valence-corrected chi connectivity index (χ2v) is 8.01. The van der Waals surface area contributed by atoms with E-state index in [0.717, 1.165) is 0 Å². The van der Waals surface area contributed by atoms with Crippen molar-refractivity contribution in [2.45, 2.75) is 24.7 Å². The van der Waals surface area contributed by atoms with Crippen LogP contribution in [0.4, 0.5) is 5.82 Å². The van der Waals surface area contributed by atoms with E-state index < -0.39 is 31.5 Å². The lowest BCUT2D eigenvalue weighted by atomic mass is 10.0. The maximum atomic E-state index is 11.0. The number of nitrogen functional groups attached to an aromatic ring is 1. The number of hydrogen-bond acceptors (Lipinski definition) is 8. The van der Waals surface area contributed by atoms with Crippen molar-refractivity contribution in [3.63, 3.8) is 0 Å². The fourth-order valence-corrected chi connectivity index (χ4v) is 4.44. The molecule has 0 bridgehead atoms. The van der Waals surface area contributed by atoms with Gasteiger partial charge in [0.05, 0.1) is 25.1 Å². The molecule has 136 valence electrons. The van der Waals surface area contributed by atoms with E-state index in [1.165, 1.54) is 6.33 Å². The molecule has 2 heterocycles. The van der Waals surface area contributed by atoms with Crippen LogP contribution in [0.3, 0.4) is 0 Å². The zero-order valence-corrected chi connectivity index (χ0v) is 14.2. The van der Waals surface area contributed by atoms with Gasteiger partial charge in [0.1, 0.15) is 11.6 Å². The summed E-state index contributed by atoms with van der Waals surface area (Å²) in [6.07, 6.45) is -0.540. The summed E-state index contributed by atoms with van der Waals surface area (Å²) < 4.78 is 17.1. The molecule has 0 radical (unpaired) electrons. The van der Waals surface area contributed by atoms with Gasteiger partial charge in [-0.1, -0.05) is 0 Å². The highest BCUT2D eigenvalue weighted by Crippen LogP contribution is 2.68. The van der Waals surface area contributed by atoms with E-state index in [-0.39, 0.29) is 23.6 Å². The third-order valence-electron chi connectivity index (χ3n) is 5.10. The van der Waals surface area contributed by atoms with Gasteiger partial charge in [-0.05, 0) is 23.9 Å². The predicted molar refractivity (Wildman–Crippen MR) is 84.3 cm³/mol. The van der Waals surface area contributed by atoms with Crippen molar-refractivity contribution in [2.24, 2.45) is 11.3 Å². The van der Waals surface area contributed by atoms with Gasteiger partial charge in [-0.25, -0.2) is 9.55 Å². The maximum Gasteiger partial charge on any atom is 0.469 e. The molecule has 13 heteroatoms. The molecule has 2 aliphatic carbocycles. The minimum Gasteiger partial charge on any atom is -0.390 e. The van der Waals surface area contributed by atoms with Gasteiger partial charge in [-0.15, -0.1) is 0 Å². The van der Waals surface area contributed by atoms with Crippen LogP contribution >= 0.6 is 19.4 Å². The molecule has 6 N–H and O–H groups in total. The topological polar surface area (TPSA) is 177 Å². The molecule has 0 amide bonds. The average molecular weight is 392 g/mol. The van der Waals surface area contributed by atoms with Crippen molar-refractivity contribution in [1.82, 2.24) is 19.5 Å². The van der Waals surface area contributed by atoms with Gasteiger partial charge in [-0.3, -0.25) is 4.52 Å². The summed E-state index contributed by atoms with van der Waals surface area (Å²) in [5.74, 6) is -0.176. The van der Waals surface area contributed by atoms with E-state index >= 15 is 0 Å². The Balaban J connectivity index is 1.70. The number of phosphoric acid groups is 1. The molecule has 0 saturated heterocycles. The highest BCUT2D eigenvalue weighted by atomic mass is 35.5. The van der Waals surface area contributed by atoms with E-state index in [1.54, 1.807) is 4.57 Å². The SMILES string of the molecule is Nc1nc(Cl)nc2c1ncn2C1[C@H]2C[C@@]2(COP(=O)(O)O)[C@@H](O)[C@H]1O. The summed E-state index contributed by atoms with van der Waals surface area (Å²) in [4.78, 5) is 29.8. The Kier molecular flexibility index (Phi) is 3.65. The molecule has 4 rings (SSSR count). The van der Waals surface area contributed by atoms with E-state index in [0.29, 0.717) is 17.6 Å². The highest BCUT2D eigenvalue weighted by Gasteiger charge is 2.72. The Morgan fingerprint density at radius 1 is 1.44 bits per heavy atom. The number of rotatable bonds is 4. The predicted octanol–water partition coefficient (Wildman–Crippen LogP) is -0.546. The average Bonchev–Trinajstić information content (AvgIpc) is 3.01. The summed E-state index contributed by atoms with van der Waals surface area (Å²) in [7, 11) is -4.68. The molecule has 0 aromatic carbocycles. The largest absolute Gasteiger partial charge is 0.469 e. The van der Waals surface area contributed by atoms with Gasteiger partial charge in [0.15, 0.2) is 11.5 Å². The molecule has 5 atom stereocenters. The number of aliphatic hydroxyl groups excluding tert-OH is 2. The number of anilines is 1. The van der Waals surface area contributed by atoms with Crippen LogP contribution in [-0.2, 0) is 9.09 Å². The molecular weight excluding hydrogens is 377 g/mol. The van der Waals surface area contributed by atoms with Gasteiger partial charge in [0.2, 0.25) is 5.28 Å². The van der Waals surface area contributed by atoms with Crippen molar-refractivity contribution < 1.29 is 29.1 Å². The van der Waals surface area contributed by atoms with Gasteiger partial charge >= 0.3 is 7.82 Å². The van der Waals surface area contributed by atoms with Crippen LogP contribution in [0.15, 0.2) is 6.33 Å². The summed E-state index contributed by atoms with van der Waals surface area (Å²) in [6.45, 7) is -0.360. The normalized spacial score (nSPS) is 34.4. The molecular formula is C12H15ClN5O6P. The zero-order valence-electron chi connectivity index (χ0n) is 12.6. The fourth-order valence-electron chi connectivity index (χ4n) is 3.86. The molecule has 2 aliphatic rings. The maximum absolute atomic E-state index is 11.0. The van der Waals surface area contributed by atoms with E-state index in [2.05, 4.69) is 19.5 Å². The monoisotopic (exact) mass is 391 g/mol. The van der Waals surface area contributed by atoms with Crippen molar-refractivity contribution >= 4 is 36.4 Å². The summed E-state index contributed by atoms with van der Waals surface area (Å²) in [5.41, 5.74) is 5.47. The summed E-state index contributed by atoms with van der Waals surface area (Å²) >= 11 is 5.84. The van der Waals surface area contributed by atoms with Crippen LogP contribution in [-0.4, -0.2) is 58.3 Å². The van der Waals surface area contributed by atoms with Crippen LogP contribution in [0.2, 0.25) is 5.28 Å². The Morgan fingerprint density at radius 3 is 2.84 bits per heavy atom. The number of hydrogen-bond donors (Lipinski definition) is 5. The number of fused-ring (bicyclic) bond motifs is 2. The highest BCUT2D eigenvalue weighted by molar-refractivity contribution is 7.46. The standard InChI is InChI=1S/C12H15ClN5O6P/c13-11-16-9(14)5-10(17-11)18(3-15-5)6-4-1-12(4,8(20)7(6)19)2-24-25(21,22)23/h3-4,6-8,19-20H,1-2H2,(H2,14,16,17)(H2,21,22,23)/t4-,6?,7+,8+,12+/m1/s1. The molecule has 0 spiro atoms. The van der Waals surface area contributed by atoms with Crippen LogP contribution in [0.25, 0.3) is 11.2 Å². The quantitative estimate of drug-likeness (QED) is 0.335. The lowest BCUT2D eigenvalue weighted by Gasteiger charge is -2.24. The first-order valence-corrected chi connectivity index (χ1v) is 9.27. The minimum absolute atomic E-state index is 0.0771. The van der Waals surface area contributed by atoms with E-state index in [4.69, 9.17) is 27.1 Å². The van der Waals surface area contributed by atoms with Gasteiger partial charge in [0, 0.05) is 5.41 Å². The molecule has 2 fully saturated rings. The number of nitrogens with two attached hydrogens (primary N) is 1. The van der Waals surface area contributed by atoms with Crippen molar-refractivity contribution in [3.05, 3.63) is 11.6 Å². The van der Waals surface area contributed by atoms with Gasteiger partial charge in [-0.2, -0.15) is 9.97 Å². The third kappa shape index (κ3) is 2.55. The first-order valence-electron chi connectivity index (χ1n) is 7.36. The first kappa shape index (κ1) is 17.1. The molecule has 2 aromatic rings. The molecule has 2 saturated carbocycles. The van der Waals surface area contributed by atoms with Gasteiger partial charge in [0.25, 0.3) is 0 Å². The summed E-state index contributed by atoms with van der Waals surface area (Å²) in [5, 5.41) is 20.8. The summed E-state index contributed by atoms with van der Waals surface area (Å²) in [6, 6.07) is -0.606. The molecule has 1 unspecified atom stereocenters. The fraction of sp³-hybridized carbons (Fsp3) is 0.583. The Hall–Kier alpha value is -1.33. The minimum atomic E-state index is -4.68. The number of phosphoric ester groups is 1. The van der Waals surface area contributed by atoms with E-state index in [9.17, 15) is 14.8 Å². The number of nitrogens with zero attached hydrogens (tertiary/aromatic N) is 4. The zero-order chi connectivity index (χ0) is 18.1. The number of imidazole rings is 1. The number of aromatic nitrogens is 4. The molecule has 11 nitrogen and oxygen atoms in total. The number of aliphatic hydroxyl groups is 2. The second kappa shape index (κ2) is 5.34. The van der Waals surface area contributed by atoms with E-state index in [1.807, 2.05) is 0 Å². The van der Waals surface area contributed by atoms with Gasteiger partial charge < -0.3 is 30.3 Å². The third-order valence-corrected chi connectivity index (χ3v) is 5.73. The van der Waals surface area contributed by atoms with Crippen molar-refractivity contribution in [2.75, 3.05) is 12.3 Å². The van der Waals surface area contributed by atoms with Crippen molar-refractivity contribution in [1.29, 1.82) is 0 Å². The Bertz CT molecular complexity index is 903. The van der Waals surface area contributed by atoms with Crippen LogP contribution < -0.4 is 5.73 Å². The molecule has 0 aliphatic heterocycles. The molecule has 25 heavy (non-hydrogen) atoms. The second-order valence-electron chi connectivity index (χ2n) is 6.44. The van der Waals surface area contributed by atoms with Crippen molar-refractivity contribution in [3.8, 4) is 0 Å². The first-order chi connectivity index (χ1) is 11.6. The van der Waals surface area contributed by atoms with Crippen LogP contribution in [0.1, 0.15) is 12.5 Å². The Morgan fingerprint density at radius 2 is 2.16 bits per heavy atom. The lowest BCUT2D eigenvalue weighted by molar-refractivity contribution is -0.0297. The Labute approximate surface area is 145 Å². The molecule has 2 aromatic heterocycles. The number of halogens is 1.